The number of hydrogen-bond donors (Lipinski definition) is 1. The number of benzene rings is 1. The van der Waals surface area contributed by atoms with E-state index in [9.17, 15) is 14.7 Å². The fourth-order valence-electron chi connectivity index (χ4n) is 2.36. The van der Waals surface area contributed by atoms with Crippen LogP contribution in [0.5, 0.6) is 0 Å². The molecule has 1 aromatic rings. The first-order valence-electron chi connectivity index (χ1n) is 7.15. The van der Waals surface area contributed by atoms with Crippen LogP contribution in [0.1, 0.15) is 31.4 Å². The maximum Gasteiger partial charge on any atom is 0.354 e. The van der Waals surface area contributed by atoms with E-state index in [4.69, 9.17) is 4.74 Å². The molecule has 1 atom stereocenters. The highest BCUT2D eigenvalue weighted by Crippen LogP contribution is 2.34. The van der Waals surface area contributed by atoms with Crippen LogP contribution in [0.3, 0.4) is 0 Å². The summed E-state index contributed by atoms with van der Waals surface area (Å²) in [7, 11) is 0. The number of aliphatic carboxylic acids is 1. The van der Waals surface area contributed by atoms with E-state index in [1.54, 1.807) is 19.9 Å². The monoisotopic (exact) mass is 304 g/mol. The topological polar surface area (TPSA) is 79.2 Å². The molecule has 1 heterocycles. The standard InChI is InChI=1S/C16H20N2O4/c1-5-22-14(19)13-9-16(4,15(20)21)18(17-13)12-7-6-10(2)11(3)8-12/h6-8H,5,9H2,1-4H3,(H,20,21). The Labute approximate surface area is 129 Å². The van der Waals surface area contributed by atoms with Crippen molar-refractivity contribution < 1.29 is 19.4 Å². The third-order valence-corrected chi connectivity index (χ3v) is 3.91. The molecule has 1 unspecified atom stereocenters. The highest BCUT2D eigenvalue weighted by atomic mass is 16.5. The molecular weight excluding hydrogens is 284 g/mol. The van der Waals surface area contributed by atoms with Gasteiger partial charge in [0.1, 0.15) is 5.71 Å². The SMILES string of the molecule is CCOC(=O)C1=NN(c2ccc(C)c(C)c2)C(C)(C(=O)O)C1. The van der Waals surface area contributed by atoms with Gasteiger partial charge in [-0.05, 0) is 51.0 Å². The predicted molar refractivity (Wildman–Crippen MR) is 83.1 cm³/mol. The van der Waals surface area contributed by atoms with Crippen molar-refractivity contribution in [1.29, 1.82) is 0 Å². The Morgan fingerprint density at radius 3 is 2.59 bits per heavy atom. The minimum Gasteiger partial charge on any atom is -0.479 e. The van der Waals surface area contributed by atoms with Gasteiger partial charge in [0.15, 0.2) is 5.54 Å². The van der Waals surface area contributed by atoms with E-state index in [1.807, 2.05) is 26.0 Å². The molecule has 0 bridgehead atoms. The molecule has 0 spiro atoms. The molecule has 6 heteroatoms. The average Bonchev–Trinajstić information content (AvgIpc) is 2.82. The molecule has 1 N–H and O–H groups in total. The molecule has 0 aliphatic carbocycles. The highest BCUT2D eigenvalue weighted by Gasteiger charge is 2.48. The van der Waals surface area contributed by atoms with Crippen LogP contribution in [0, 0.1) is 13.8 Å². The van der Waals surface area contributed by atoms with Crippen molar-refractivity contribution in [2.45, 2.75) is 39.7 Å². The van der Waals surface area contributed by atoms with Crippen molar-refractivity contribution in [2.75, 3.05) is 11.6 Å². The Bertz CT molecular complexity index is 654. The number of nitrogens with zero attached hydrogens (tertiary/aromatic N) is 2. The van der Waals surface area contributed by atoms with Crippen LogP contribution >= 0.6 is 0 Å². The fourth-order valence-corrected chi connectivity index (χ4v) is 2.36. The summed E-state index contributed by atoms with van der Waals surface area (Å²) in [5, 5.41) is 15.2. The largest absolute Gasteiger partial charge is 0.479 e. The molecule has 0 saturated heterocycles. The maximum atomic E-state index is 11.9. The van der Waals surface area contributed by atoms with Gasteiger partial charge in [-0.3, -0.25) is 0 Å². The number of hydrogen-bond acceptors (Lipinski definition) is 5. The molecule has 0 fully saturated rings. The van der Waals surface area contributed by atoms with Crippen molar-refractivity contribution >= 4 is 23.3 Å². The summed E-state index contributed by atoms with van der Waals surface area (Å²) in [6, 6.07) is 5.58. The lowest BCUT2D eigenvalue weighted by Crippen LogP contribution is -2.47. The number of aryl methyl sites for hydroxylation is 2. The van der Waals surface area contributed by atoms with Gasteiger partial charge in [-0.1, -0.05) is 6.07 Å². The predicted octanol–water partition coefficient (Wildman–Crippen LogP) is 2.28. The van der Waals surface area contributed by atoms with Gasteiger partial charge >= 0.3 is 11.9 Å². The Hall–Kier alpha value is -2.37. The number of esters is 1. The molecule has 1 aromatic carbocycles. The fraction of sp³-hybridized carbons (Fsp3) is 0.438. The van der Waals surface area contributed by atoms with Crippen LogP contribution in [-0.4, -0.2) is 34.9 Å². The van der Waals surface area contributed by atoms with Crippen molar-refractivity contribution in [3.05, 3.63) is 29.3 Å². The van der Waals surface area contributed by atoms with E-state index in [0.29, 0.717) is 5.69 Å². The lowest BCUT2D eigenvalue weighted by atomic mass is 9.95. The number of carbonyl (C=O) groups is 2. The van der Waals surface area contributed by atoms with E-state index in [-0.39, 0.29) is 18.7 Å². The van der Waals surface area contributed by atoms with Gasteiger partial charge in [0, 0.05) is 6.42 Å². The van der Waals surface area contributed by atoms with Crippen LogP contribution in [-0.2, 0) is 14.3 Å². The summed E-state index contributed by atoms with van der Waals surface area (Å²) in [4.78, 5) is 23.6. The Morgan fingerprint density at radius 1 is 1.36 bits per heavy atom. The number of ether oxygens (including phenoxy) is 1. The molecule has 2 rings (SSSR count). The minimum atomic E-state index is -1.30. The second-order valence-corrected chi connectivity index (χ2v) is 5.60. The van der Waals surface area contributed by atoms with Gasteiger partial charge < -0.3 is 9.84 Å². The number of carboxylic acid groups (broad SMARTS) is 1. The number of rotatable bonds is 4. The lowest BCUT2D eigenvalue weighted by Gasteiger charge is -2.30. The van der Waals surface area contributed by atoms with Gasteiger partial charge in [-0.25, -0.2) is 14.6 Å². The van der Waals surface area contributed by atoms with E-state index in [1.165, 1.54) is 5.01 Å². The van der Waals surface area contributed by atoms with Gasteiger partial charge in [0.2, 0.25) is 0 Å². The second kappa shape index (κ2) is 5.79. The summed E-state index contributed by atoms with van der Waals surface area (Å²) in [5.74, 6) is -1.60. The van der Waals surface area contributed by atoms with Crippen LogP contribution < -0.4 is 5.01 Å². The van der Waals surface area contributed by atoms with E-state index in [0.717, 1.165) is 11.1 Å². The molecule has 0 saturated carbocycles. The molecule has 0 radical (unpaired) electrons. The van der Waals surface area contributed by atoms with Crippen molar-refractivity contribution in [3.63, 3.8) is 0 Å². The normalized spacial score (nSPS) is 20.7. The maximum absolute atomic E-state index is 11.9. The van der Waals surface area contributed by atoms with E-state index in [2.05, 4.69) is 5.10 Å². The first-order chi connectivity index (χ1) is 10.3. The Kier molecular flexibility index (Phi) is 4.21. The summed E-state index contributed by atoms with van der Waals surface area (Å²) in [6.45, 7) is 7.41. The van der Waals surface area contributed by atoms with E-state index < -0.39 is 17.5 Å². The molecule has 0 aromatic heterocycles. The number of carbonyl (C=O) groups excluding carboxylic acids is 1. The molecule has 1 aliphatic heterocycles. The zero-order valence-electron chi connectivity index (χ0n) is 13.2. The van der Waals surface area contributed by atoms with Crippen LogP contribution in [0.2, 0.25) is 0 Å². The second-order valence-electron chi connectivity index (χ2n) is 5.60. The number of hydrazone groups is 1. The highest BCUT2D eigenvalue weighted by molar-refractivity contribution is 6.38. The van der Waals surface area contributed by atoms with E-state index >= 15 is 0 Å². The quantitative estimate of drug-likeness (QED) is 0.863. The van der Waals surface area contributed by atoms with Crippen molar-refractivity contribution in [3.8, 4) is 0 Å². The Balaban J connectivity index is 2.45. The van der Waals surface area contributed by atoms with Gasteiger partial charge in [0.25, 0.3) is 0 Å². The minimum absolute atomic E-state index is 0.00803. The van der Waals surface area contributed by atoms with Crippen molar-refractivity contribution in [1.82, 2.24) is 0 Å². The number of anilines is 1. The first-order valence-corrected chi connectivity index (χ1v) is 7.15. The zero-order valence-corrected chi connectivity index (χ0v) is 13.2. The summed E-state index contributed by atoms with van der Waals surface area (Å²) < 4.78 is 4.94. The third kappa shape index (κ3) is 2.68. The molecule has 0 amide bonds. The van der Waals surface area contributed by atoms with Gasteiger partial charge in [0.05, 0.1) is 12.3 Å². The van der Waals surface area contributed by atoms with Crippen LogP contribution in [0.25, 0.3) is 0 Å². The van der Waals surface area contributed by atoms with Gasteiger partial charge in [-0.2, -0.15) is 5.10 Å². The molecule has 22 heavy (non-hydrogen) atoms. The van der Waals surface area contributed by atoms with Crippen molar-refractivity contribution in [2.24, 2.45) is 5.10 Å². The molecule has 6 nitrogen and oxygen atoms in total. The van der Waals surface area contributed by atoms with Crippen LogP contribution in [0.4, 0.5) is 5.69 Å². The first kappa shape index (κ1) is 16.0. The summed E-state index contributed by atoms with van der Waals surface area (Å²) in [6.07, 6.45) is 0.00803. The zero-order chi connectivity index (χ0) is 16.5. The van der Waals surface area contributed by atoms with Gasteiger partial charge in [-0.15, -0.1) is 0 Å². The summed E-state index contributed by atoms with van der Waals surface area (Å²) >= 11 is 0. The lowest BCUT2D eigenvalue weighted by molar-refractivity contribution is -0.142. The molecule has 1 aliphatic rings. The smallest absolute Gasteiger partial charge is 0.354 e. The third-order valence-electron chi connectivity index (χ3n) is 3.91. The molecule has 118 valence electrons. The Morgan fingerprint density at radius 2 is 2.05 bits per heavy atom. The molecular formula is C16H20N2O4. The summed E-state index contributed by atoms with van der Waals surface area (Å²) in [5.41, 5.74) is 1.61. The van der Waals surface area contributed by atoms with Crippen LogP contribution in [0.15, 0.2) is 23.3 Å². The average molecular weight is 304 g/mol. The number of carboxylic acids is 1.